The van der Waals surface area contributed by atoms with Gasteiger partial charge in [0.2, 0.25) is 11.9 Å². The topological polar surface area (TPSA) is 190 Å². The van der Waals surface area contributed by atoms with Crippen molar-refractivity contribution in [1.29, 1.82) is 0 Å². The minimum absolute atomic E-state index is 0.0729. The second-order valence-electron chi connectivity index (χ2n) is 15.2. The first-order valence-corrected chi connectivity index (χ1v) is 23.0. The summed E-state index contributed by atoms with van der Waals surface area (Å²) in [6.45, 7) is 21.2. The van der Waals surface area contributed by atoms with Crippen molar-refractivity contribution in [3.63, 3.8) is 0 Å². The lowest BCUT2D eigenvalue weighted by molar-refractivity contribution is -0.114. The Bertz CT molecular complexity index is 1880. The molecule has 0 unspecified atom stereocenters. The molecule has 1 saturated heterocycles. The number of fused-ring (bicyclic) bond motifs is 1. The molecule has 18 heteroatoms. The van der Waals surface area contributed by atoms with Gasteiger partial charge in [0.05, 0.1) is 12.9 Å². The molecule has 0 saturated carbocycles. The fourth-order valence-electron chi connectivity index (χ4n) is 4.77. The summed E-state index contributed by atoms with van der Waals surface area (Å²) in [5, 5.41) is 1.92. The van der Waals surface area contributed by atoms with Gasteiger partial charge in [-0.05, 0) is 48.4 Å². The van der Waals surface area contributed by atoms with Crippen LogP contribution in [-0.2, 0) is 33.0 Å². The predicted octanol–water partition coefficient (Wildman–Crippen LogP) is 4.74. The van der Waals surface area contributed by atoms with Gasteiger partial charge in [0.1, 0.15) is 18.3 Å². The molecule has 1 aromatic carbocycles. The third-order valence-electron chi connectivity index (χ3n) is 9.55. The largest absolute Gasteiger partial charge is 0.414 e. The number of hydrogen-bond acceptors (Lipinski definition) is 11. The maximum absolute atomic E-state index is 13.9. The van der Waals surface area contributed by atoms with Crippen LogP contribution < -0.4 is 10.9 Å². The number of amides is 1. The molecule has 0 radical (unpaired) electrons. The van der Waals surface area contributed by atoms with Crippen LogP contribution in [0.25, 0.3) is 11.2 Å². The Balaban J connectivity index is 1.92. The SMILES string of the molecule is CC(=O)Nc1nc2c(ncn2[C@@H]2O[C@H](CO[Si](C)(C)C(C)(C)C)[C@@H](OS(=O)(=O)O)[C@H]2O[Si](C)(C)C(C)(C)C)c(=O)n1C(=O)c1ccccc1. The Kier molecular flexibility index (Phi) is 10.7. The molecule has 4 atom stereocenters. The van der Waals surface area contributed by atoms with Gasteiger partial charge in [-0.2, -0.15) is 13.4 Å². The zero-order valence-corrected chi connectivity index (χ0v) is 32.6. The van der Waals surface area contributed by atoms with Crippen LogP contribution in [0, 0.1) is 0 Å². The Labute approximate surface area is 288 Å². The zero-order chi connectivity index (χ0) is 36.9. The van der Waals surface area contributed by atoms with Gasteiger partial charge in [-0.1, -0.05) is 59.7 Å². The molecule has 2 N–H and O–H groups in total. The van der Waals surface area contributed by atoms with E-state index in [9.17, 15) is 27.4 Å². The predicted molar refractivity (Wildman–Crippen MR) is 188 cm³/mol. The highest BCUT2D eigenvalue weighted by atomic mass is 32.3. The van der Waals surface area contributed by atoms with Crippen LogP contribution in [0.1, 0.15) is 65.1 Å². The van der Waals surface area contributed by atoms with Gasteiger partial charge in [-0.25, -0.2) is 13.7 Å². The minimum atomic E-state index is -5.02. The van der Waals surface area contributed by atoms with Crippen molar-refractivity contribution in [1.82, 2.24) is 19.1 Å². The van der Waals surface area contributed by atoms with Gasteiger partial charge < -0.3 is 13.6 Å². The third kappa shape index (κ3) is 8.28. The number of nitrogens with one attached hydrogen (secondary N) is 1. The van der Waals surface area contributed by atoms with E-state index >= 15 is 0 Å². The van der Waals surface area contributed by atoms with Crippen molar-refractivity contribution in [2.75, 3.05) is 11.9 Å². The summed E-state index contributed by atoms with van der Waals surface area (Å²) in [6, 6.07) is 8.02. The standard InChI is InChI=1S/C31H47N5O10SSi2/c1-19(37)33-29-34-25-22(27(39)36(29)26(38)20-15-13-12-14-16-20)32-18-35(25)28-24(46-49(10,11)31(5,6)7)23(45-47(40,41)42)21(44-28)17-43-48(8,9)30(2,3)4/h12-16,18,21,23-24,28H,17H2,1-11H3,(H,33,34,37)(H,40,41,42)/t21-,23-,24-,28-/m1/s1. The molecule has 1 aliphatic rings. The molecule has 2 aromatic heterocycles. The van der Waals surface area contributed by atoms with Crippen LogP contribution in [0.5, 0.6) is 0 Å². The van der Waals surface area contributed by atoms with Gasteiger partial charge in [0, 0.05) is 12.5 Å². The summed E-state index contributed by atoms with van der Waals surface area (Å²) < 4.78 is 61.5. The number of ether oxygens (including phenoxy) is 1. The highest BCUT2D eigenvalue weighted by Crippen LogP contribution is 2.44. The molecular weight excluding hydrogens is 691 g/mol. The van der Waals surface area contributed by atoms with Crippen molar-refractivity contribution >= 4 is 56.0 Å². The quantitative estimate of drug-likeness (QED) is 0.215. The van der Waals surface area contributed by atoms with E-state index in [1.807, 2.05) is 47.0 Å². The first kappa shape index (κ1) is 38.7. The molecule has 270 valence electrons. The number of nitrogens with zero attached hydrogens (tertiary/aromatic N) is 4. The summed E-state index contributed by atoms with van der Waals surface area (Å²) in [7, 11) is -10.1. The number of hydrogen-bond donors (Lipinski definition) is 2. The number of benzene rings is 1. The van der Waals surface area contributed by atoms with Crippen molar-refractivity contribution in [2.45, 2.75) is 109 Å². The molecule has 4 rings (SSSR count). The van der Waals surface area contributed by atoms with Gasteiger partial charge in [-0.15, -0.1) is 0 Å². The summed E-state index contributed by atoms with van der Waals surface area (Å²) >= 11 is 0. The fraction of sp³-hybridized carbons (Fsp3) is 0.581. The van der Waals surface area contributed by atoms with Crippen molar-refractivity contribution in [3.05, 3.63) is 52.6 Å². The van der Waals surface area contributed by atoms with E-state index in [2.05, 4.69) is 36.1 Å². The maximum atomic E-state index is 13.9. The molecule has 0 aliphatic carbocycles. The fourth-order valence-corrected chi connectivity index (χ4v) is 7.58. The number of carbonyl (C=O) groups is 2. The summed E-state index contributed by atoms with van der Waals surface area (Å²) in [4.78, 5) is 48.4. The molecule has 0 spiro atoms. The minimum Gasteiger partial charge on any atom is -0.414 e. The smallest absolute Gasteiger partial charge is 0.397 e. The van der Waals surface area contributed by atoms with E-state index in [0.29, 0.717) is 0 Å². The molecular formula is C31H47N5O10SSi2. The van der Waals surface area contributed by atoms with Gasteiger partial charge >= 0.3 is 10.4 Å². The number of imidazole rings is 1. The lowest BCUT2D eigenvalue weighted by Crippen LogP contribution is -2.50. The van der Waals surface area contributed by atoms with E-state index < -0.39 is 68.9 Å². The van der Waals surface area contributed by atoms with Crippen LogP contribution in [0.4, 0.5) is 5.95 Å². The van der Waals surface area contributed by atoms with Gasteiger partial charge in [0.25, 0.3) is 11.5 Å². The van der Waals surface area contributed by atoms with Crippen LogP contribution in [0.2, 0.25) is 36.3 Å². The van der Waals surface area contributed by atoms with Crippen molar-refractivity contribution < 1.29 is 40.3 Å². The molecule has 1 aliphatic heterocycles. The average molecular weight is 738 g/mol. The Morgan fingerprint density at radius 2 is 1.59 bits per heavy atom. The lowest BCUT2D eigenvalue weighted by atomic mass is 10.1. The summed E-state index contributed by atoms with van der Waals surface area (Å²) in [5.41, 5.74) is -0.976. The molecule has 0 bridgehead atoms. The van der Waals surface area contributed by atoms with Crippen molar-refractivity contribution in [3.8, 4) is 0 Å². The summed E-state index contributed by atoms with van der Waals surface area (Å²) in [6.07, 6.45) is -3.55. The van der Waals surface area contributed by atoms with E-state index in [1.165, 1.54) is 30.0 Å². The molecule has 3 heterocycles. The first-order valence-electron chi connectivity index (χ1n) is 15.8. The molecule has 1 amide bonds. The van der Waals surface area contributed by atoms with E-state index in [0.717, 1.165) is 4.57 Å². The van der Waals surface area contributed by atoms with E-state index in [1.54, 1.807) is 18.2 Å². The molecule has 3 aromatic rings. The maximum Gasteiger partial charge on any atom is 0.397 e. The highest BCUT2D eigenvalue weighted by molar-refractivity contribution is 7.80. The monoisotopic (exact) mass is 737 g/mol. The zero-order valence-electron chi connectivity index (χ0n) is 29.8. The second kappa shape index (κ2) is 13.6. The highest BCUT2D eigenvalue weighted by Gasteiger charge is 2.54. The van der Waals surface area contributed by atoms with E-state index in [-0.39, 0.29) is 39.4 Å². The number of anilines is 1. The lowest BCUT2D eigenvalue weighted by Gasteiger charge is -2.40. The van der Waals surface area contributed by atoms with Crippen molar-refractivity contribution in [2.24, 2.45) is 0 Å². The Morgan fingerprint density at radius 3 is 2.12 bits per heavy atom. The van der Waals surface area contributed by atoms with Gasteiger partial charge in [0.15, 0.2) is 34.0 Å². The molecule has 1 fully saturated rings. The van der Waals surface area contributed by atoms with Gasteiger partial charge in [-0.3, -0.25) is 28.8 Å². The number of rotatable bonds is 10. The van der Waals surface area contributed by atoms with Crippen LogP contribution in [-0.4, -0.2) is 85.4 Å². The Morgan fingerprint density at radius 1 is 1.00 bits per heavy atom. The molecule has 49 heavy (non-hydrogen) atoms. The number of aromatic nitrogens is 4. The third-order valence-corrected chi connectivity index (χ3v) is 19.0. The Hall–Kier alpha value is -3.11. The summed E-state index contributed by atoms with van der Waals surface area (Å²) in [5.74, 6) is -1.68. The van der Waals surface area contributed by atoms with Crippen LogP contribution in [0.15, 0.2) is 41.5 Å². The number of carbonyl (C=O) groups excluding carboxylic acids is 2. The normalized spacial score (nSPS) is 20.9. The van der Waals surface area contributed by atoms with Crippen LogP contribution in [0.3, 0.4) is 0 Å². The first-order chi connectivity index (χ1) is 22.3. The molecule has 15 nitrogen and oxygen atoms in total. The average Bonchev–Trinajstić information content (AvgIpc) is 3.51. The van der Waals surface area contributed by atoms with E-state index in [4.69, 9.17) is 17.8 Å². The van der Waals surface area contributed by atoms with Crippen LogP contribution >= 0.6 is 0 Å². The second-order valence-corrected chi connectivity index (χ2v) is 25.8.